The molecule has 0 radical (unpaired) electrons. The number of fused-ring (bicyclic) bond motifs is 1. The van der Waals surface area contributed by atoms with Crippen LogP contribution in [-0.4, -0.2) is 21.4 Å². The summed E-state index contributed by atoms with van der Waals surface area (Å²) >= 11 is 3.53. The van der Waals surface area contributed by atoms with Crippen LogP contribution >= 0.6 is 22.7 Å². The van der Waals surface area contributed by atoms with E-state index in [4.69, 9.17) is 4.98 Å². The number of benzene rings is 1. The zero-order valence-electron chi connectivity index (χ0n) is 11.7. The largest absolute Gasteiger partial charge is 0.288 e. The van der Waals surface area contributed by atoms with Crippen LogP contribution in [-0.2, 0) is 6.54 Å². The molecule has 1 aromatic carbocycles. The molecule has 0 saturated carbocycles. The predicted molar refractivity (Wildman–Crippen MR) is 88.7 cm³/mol. The normalized spacial score (nSPS) is 20.1. The maximum absolute atomic E-state index is 4.87. The highest BCUT2D eigenvalue weighted by molar-refractivity contribution is 7.18. The van der Waals surface area contributed by atoms with E-state index in [9.17, 15) is 0 Å². The van der Waals surface area contributed by atoms with Gasteiger partial charge < -0.3 is 0 Å². The summed E-state index contributed by atoms with van der Waals surface area (Å²) in [5.41, 5.74) is 4.25. The summed E-state index contributed by atoms with van der Waals surface area (Å²) in [6.45, 7) is 2.10. The van der Waals surface area contributed by atoms with Crippen LogP contribution in [0.1, 0.15) is 36.0 Å². The van der Waals surface area contributed by atoms with Crippen molar-refractivity contribution in [2.45, 2.75) is 31.8 Å². The van der Waals surface area contributed by atoms with Crippen molar-refractivity contribution < 1.29 is 0 Å². The van der Waals surface area contributed by atoms with Gasteiger partial charge in [-0.1, -0.05) is 18.6 Å². The molecular formula is C16H17N3S2. The van der Waals surface area contributed by atoms with Crippen molar-refractivity contribution in [2.24, 2.45) is 0 Å². The van der Waals surface area contributed by atoms with Crippen molar-refractivity contribution in [1.29, 1.82) is 0 Å². The molecule has 0 aliphatic carbocycles. The molecule has 0 unspecified atom stereocenters. The molecule has 1 atom stereocenters. The highest BCUT2D eigenvalue weighted by atomic mass is 32.1. The van der Waals surface area contributed by atoms with Gasteiger partial charge in [-0.05, 0) is 31.5 Å². The molecule has 1 aliphatic heterocycles. The van der Waals surface area contributed by atoms with Crippen molar-refractivity contribution in [3.63, 3.8) is 0 Å². The van der Waals surface area contributed by atoms with Gasteiger partial charge in [0.25, 0.3) is 0 Å². The minimum Gasteiger partial charge on any atom is -0.288 e. The Labute approximate surface area is 132 Å². The average Bonchev–Trinajstić information content (AvgIpc) is 3.16. The molecule has 0 N–H and O–H groups in total. The van der Waals surface area contributed by atoms with Gasteiger partial charge in [0.05, 0.1) is 27.5 Å². The van der Waals surface area contributed by atoms with Crippen molar-refractivity contribution in [2.75, 3.05) is 6.54 Å². The number of rotatable bonds is 3. The molecule has 3 heterocycles. The molecule has 2 aromatic heterocycles. The fourth-order valence-corrected chi connectivity index (χ4v) is 4.70. The number of likely N-dealkylation sites (tertiary alicyclic amines) is 1. The third-order valence-corrected chi connectivity index (χ3v) is 5.83. The zero-order valence-corrected chi connectivity index (χ0v) is 13.4. The Balaban J connectivity index is 1.63. The molecule has 108 valence electrons. The maximum Gasteiger partial charge on any atom is 0.111 e. The lowest BCUT2D eigenvalue weighted by Gasteiger charge is -2.33. The van der Waals surface area contributed by atoms with Gasteiger partial charge in [-0.15, -0.1) is 22.7 Å². The lowest BCUT2D eigenvalue weighted by molar-refractivity contribution is 0.139. The summed E-state index contributed by atoms with van der Waals surface area (Å²) in [5, 5.41) is 3.43. The first-order valence-electron chi connectivity index (χ1n) is 7.37. The van der Waals surface area contributed by atoms with Gasteiger partial charge in [0, 0.05) is 11.9 Å². The first kappa shape index (κ1) is 13.4. The lowest BCUT2D eigenvalue weighted by atomic mass is 10.0. The monoisotopic (exact) mass is 315 g/mol. The second-order valence-corrected chi connectivity index (χ2v) is 7.26. The van der Waals surface area contributed by atoms with Gasteiger partial charge >= 0.3 is 0 Å². The maximum atomic E-state index is 4.87. The van der Waals surface area contributed by atoms with E-state index in [-0.39, 0.29) is 0 Å². The second-order valence-electron chi connectivity index (χ2n) is 5.48. The minimum absolute atomic E-state index is 0.456. The van der Waals surface area contributed by atoms with Gasteiger partial charge in [-0.3, -0.25) is 4.90 Å². The number of nitrogens with zero attached hydrogens (tertiary/aromatic N) is 3. The molecule has 0 spiro atoms. The van der Waals surface area contributed by atoms with Gasteiger partial charge in [-0.25, -0.2) is 9.97 Å². The topological polar surface area (TPSA) is 29.0 Å². The van der Waals surface area contributed by atoms with Gasteiger partial charge in [-0.2, -0.15) is 0 Å². The smallest absolute Gasteiger partial charge is 0.111 e. The number of aromatic nitrogens is 2. The SMILES string of the molecule is c1ccc2sc([C@H]3CCCCN3Cc3cscn3)nc2c1. The average molecular weight is 315 g/mol. The Kier molecular flexibility index (Phi) is 3.71. The third-order valence-electron chi connectivity index (χ3n) is 4.06. The van der Waals surface area contributed by atoms with E-state index in [0.717, 1.165) is 18.6 Å². The molecule has 5 heteroatoms. The van der Waals surface area contributed by atoms with E-state index >= 15 is 0 Å². The van der Waals surface area contributed by atoms with Crippen molar-refractivity contribution in [3.8, 4) is 0 Å². The summed E-state index contributed by atoms with van der Waals surface area (Å²) in [4.78, 5) is 11.9. The standard InChI is InChI=1S/C16H17N3S2/c1-2-7-15-13(5-1)18-16(21-15)14-6-3-4-8-19(14)9-12-10-20-11-17-12/h1-2,5,7,10-11,14H,3-4,6,8-9H2/t14-/m1/s1. The molecule has 1 aliphatic rings. The first-order valence-corrected chi connectivity index (χ1v) is 9.13. The molecule has 0 bridgehead atoms. The van der Waals surface area contributed by atoms with E-state index in [1.54, 1.807) is 11.3 Å². The number of thiazole rings is 2. The number of para-hydroxylation sites is 1. The van der Waals surface area contributed by atoms with E-state index in [1.807, 2.05) is 16.8 Å². The molecule has 0 amide bonds. The second kappa shape index (κ2) is 5.83. The van der Waals surface area contributed by atoms with Crippen LogP contribution in [0.25, 0.3) is 10.2 Å². The number of piperidine rings is 1. The van der Waals surface area contributed by atoms with E-state index < -0.39 is 0 Å². The first-order chi connectivity index (χ1) is 10.4. The third kappa shape index (κ3) is 2.73. The fraction of sp³-hybridized carbons (Fsp3) is 0.375. The van der Waals surface area contributed by atoms with E-state index in [0.29, 0.717) is 6.04 Å². The van der Waals surface area contributed by atoms with E-state index in [1.165, 1.54) is 34.7 Å². The minimum atomic E-state index is 0.456. The summed E-state index contributed by atoms with van der Waals surface area (Å²) in [6.07, 6.45) is 3.80. The van der Waals surface area contributed by atoms with Crippen LogP contribution in [0, 0.1) is 0 Å². The van der Waals surface area contributed by atoms with Crippen molar-refractivity contribution >= 4 is 32.9 Å². The number of hydrogen-bond donors (Lipinski definition) is 0. The predicted octanol–water partition coefficient (Wildman–Crippen LogP) is 4.48. The molecule has 4 rings (SSSR count). The Morgan fingerprint density at radius 1 is 1.24 bits per heavy atom. The van der Waals surface area contributed by atoms with Crippen molar-refractivity contribution in [3.05, 3.63) is 45.9 Å². The van der Waals surface area contributed by atoms with Crippen LogP contribution in [0.4, 0.5) is 0 Å². The Bertz CT molecular complexity index is 687. The highest BCUT2D eigenvalue weighted by Gasteiger charge is 2.27. The van der Waals surface area contributed by atoms with Crippen LogP contribution in [0.15, 0.2) is 35.2 Å². The molecule has 3 aromatic rings. The van der Waals surface area contributed by atoms with E-state index in [2.05, 4.69) is 39.5 Å². The summed E-state index contributed by atoms with van der Waals surface area (Å²) in [6, 6.07) is 8.91. The Morgan fingerprint density at radius 3 is 3.05 bits per heavy atom. The molecule has 3 nitrogen and oxygen atoms in total. The van der Waals surface area contributed by atoms with Crippen LogP contribution in [0.3, 0.4) is 0 Å². The van der Waals surface area contributed by atoms with Crippen LogP contribution in [0.2, 0.25) is 0 Å². The summed E-state index contributed by atoms with van der Waals surface area (Å²) in [5.74, 6) is 0. The Hall–Kier alpha value is -1.30. The van der Waals surface area contributed by atoms with Gasteiger partial charge in [0.1, 0.15) is 5.01 Å². The fourth-order valence-electron chi connectivity index (χ4n) is 3.02. The molecule has 1 fully saturated rings. The summed E-state index contributed by atoms with van der Waals surface area (Å²) in [7, 11) is 0. The van der Waals surface area contributed by atoms with Crippen molar-refractivity contribution in [1.82, 2.24) is 14.9 Å². The van der Waals surface area contributed by atoms with Gasteiger partial charge in [0.15, 0.2) is 0 Å². The quantitative estimate of drug-likeness (QED) is 0.713. The van der Waals surface area contributed by atoms with Crippen LogP contribution in [0.5, 0.6) is 0 Å². The molecule has 21 heavy (non-hydrogen) atoms. The zero-order chi connectivity index (χ0) is 14.1. The number of hydrogen-bond acceptors (Lipinski definition) is 5. The molecular weight excluding hydrogens is 298 g/mol. The Morgan fingerprint density at radius 2 is 2.19 bits per heavy atom. The highest BCUT2D eigenvalue weighted by Crippen LogP contribution is 2.36. The van der Waals surface area contributed by atoms with Gasteiger partial charge in [0.2, 0.25) is 0 Å². The van der Waals surface area contributed by atoms with Crippen LogP contribution < -0.4 is 0 Å². The lowest BCUT2D eigenvalue weighted by Crippen LogP contribution is -2.32. The summed E-state index contributed by atoms with van der Waals surface area (Å²) < 4.78 is 1.30. The molecule has 1 saturated heterocycles.